The molecule has 3 heteroatoms. The van der Waals surface area contributed by atoms with E-state index in [4.69, 9.17) is 4.74 Å². The van der Waals surface area contributed by atoms with Crippen LogP contribution in [0.1, 0.15) is 29.5 Å². The SMILES string of the molecule is Cc1ccc(Oc2ccc(Br)cc2CNC2CC2)cc1C. The predicted octanol–water partition coefficient (Wildman–Crippen LogP) is 5.11. The smallest absolute Gasteiger partial charge is 0.131 e. The number of hydrogen-bond acceptors (Lipinski definition) is 2. The van der Waals surface area contributed by atoms with Gasteiger partial charge in [-0.15, -0.1) is 0 Å². The molecule has 1 fully saturated rings. The van der Waals surface area contributed by atoms with E-state index in [1.807, 2.05) is 18.2 Å². The highest BCUT2D eigenvalue weighted by molar-refractivity contribution is 9.10. The normalized spacial score (nSPS) is 14.2. The van der Waals surface area contributed by atoms with E-state index in [0.29, 0.717) is 6.04 Å². The second kappa shape index (κ2) is 6.20. The number of aryl methyl sites for hydroxylation is 2. The van der Waals surface area contributed by atoms with E-state index in [2.05, 4.69) is 53.3 Å². The van der Waals surface area contributed by atoms with Crippen LogP contribution < -0.4 is 10.1 Å². The van der Waals surface area contributed by atoms with Crippen molar-refractivity contribution in [2.45, 2.75) is 39.3 Å². The summed E-state index contributed by atoms with van der Waals surface area (Å²) in [5.41, 5.74) is 3.73. The average Bonchev–Trinajstić information content (AvgIpc) is 3.27. The molecule has 0 aliphatic heterocycles. The van der Waals surface area contributed by atoms with E-state index in [1.165, 1.54) is 29.5 Å². The maximum absolute atomic E-state index is 6.09. The molecule has 0 saturated heterocycles. The first-order valence-corrected chi connectivity index (χ1v) is 8.18. The molecular weight excluding hydrogens is 326 g/mol. The van der Waals surface area contributed by atoms with E-state index in [-0.39, 0.29) is 0 Å². The zero-order valence-electron chi connectivity index (χ0n) is 12.4. The van der Waals surface area contributed by atoms with Crippen molar-refractivity contribution in [1.29, 1.82) is 0 Å². The Bertz CT molecular complexity index is 650. The van der Waals surface area contributed by atoms with E-state index < -0.39 is 0 Å². The van der Waals surface area contributed by atoms with Crippen molar-refractivity contribution in [3.63, 3.8) is 0 Å². The first kappa shape index (κ1) is 14.6. The van der Waals surface area contributed by atoms with Crippen LogP contribution in [0.15, 0.2) is 40.9 Å². The zero-order chi connectivity index (χ0) is 14.8. The van der Waals surface area contributed by atoms with Crippen LogP contribution in [-0.4, -0.2) is 6.04 Å². The molecule has 0 amide bonds. The summed E-state index contributed by atoms with van der Waals surface area (Å²) >= 11 is 3.54. The molecule has 0 atom stereocenters. The monoisotopic (exact) mass is 345 g/mol. The second-order valence-corrected chi connectivity index (χ2v) is 6.67. The first-order chi connectivity index (χ1) is 10.1. The standard InChI is InChI=1S/C18H20BrNO/c1-12-3-7-17(9-13(12)2)21-18-8-4-15(19)10-14(18)11-20-16-5-6-16/h3-4,7-10,16,20H,5-6,11H2,1-2H3. The van der Waals surface area contributed by atoms with Crippen molar-refractivity contribution < 1.29 is 4.74 Å². The predicted molar refractivity (Wildman–Crippen MR) is 90.0 cm³/mol. The van der Waals surface area contributed by atoms with Crippen LogP contribution in [0, 0.1) is 13.8 Å². The van der Waals surface area contributed by atoms with Gasteiger partial charge in [0.15, 0.2) is 0 Å². The summed E-state index contributed by atoms with van der Waals surface area (Å²) in [5.74, 6) is 1.82. The summed E-state index contributed by atoms with van der Waals surface area (Å²) in [6, 6.07) is 13.1. The number of benzene rings is 2. The van der Waals surface area contributed by atoms with Crippen LogP contribution in [-0.2, 0) is 6.54 Å². The van der Waals surface area contributed by atoms with Gasteiger partial charge in [0.2, 0.25) is 0 Å². The number of nitrogens with one attached hydrogen (secondary N) is 1. The van der Waals surface area contributed by atoms with Gasteiger partial charge in [-0.25, -0.2) is 0 Å². The van der Waals surface area contributed by atoms with Crippen LogP contribution in [0.25, 0.3) is 0 Å². The van der Waals surface area contributed by atoms with Gasteiger partial charge in [-0.3, -0.25) is 0 Å². The minimum Gasteiger partial charge on any atom is -0.457 e. The van der Waals surface area contributed by atoms with E-state index >= 15 is 0 Å². The molecule has 0 spiro atoms. The lowest BCUT2D eigenvalue weighted by atomic mass is 10.1. The van der Waals surface area contributed by atoms with Crippen molar-refractivity contribution in [1.82, 2.24) is 5.32 Å². The molecule has 1 saturated carbocycles. The Kier molecular flexibility index (Phi) is 4.32. The fraction of sp³-hybridized carbons (Fsp3) is 0.333. The lowest BCUT2D eigenvalue weighted by molar-refractivity contribution is 0.472. The highest BCUT2D eigenvalue weighted by atomic mass is 79.9. The minimum absolute atomic E-state index is 0.693. The fourth-order valence-electron chi connectivity index (χ4n) is 2.23. The second-order valence-electron chi connectivity index (χ2n) is 5.76. The van der Waals surface area contributed by atoms with Crippen molar-refractivity contribution >= 4 is 15.9 Å². The summed E-state index contributed by atoms with van der Waals surface area (Å²) in [7, 11) is 0. The molecule has 0 aromatic heterocycles. The first-order valence-electron chi connectivity index (χ1n) is 7.39. The third-order valence-corrected chi connectivity index (χ3v) is 4.38. The largest absolute Gasteiger partial charge is 0.457 e. The van der Waals surface area contributed by atoms with E-state index in [9.17, 15) is 0 Å². The van der Waals surface area contributed by atoms with Crippen LogP contribution in [0.3, 0.4) is 0 Å². The fourth-order valence-corrected chi connectivity index (χ4v) is 2.64. The van der Waals surface area contributed by atoms with Gasteiger partial charge >= 0.3 is 0 Å². The van der Waals surface area contributed by atoms with Gasteiger partial charge in [0.1, 0.15) is 11.5 Å². The number of hydrogen-bond donors (Lipinski definition) is 1. The lowest BCUT2D eigenvalue weighted by Gasteiger charge is -2.13. The van der Waals surface area contributed by atoms with Crippen molar-refractivity contribution in [2.75, 3.05) is 0 Å². The molecule has 0 heterocycles. The van der Waals surface area contributed by atoms with Crippen LogP contribution >= 0.6 is 15.9 Å². The van der Waals surface area contributed by atoms with E-state index in [1.54, 1.807) is 0 Å². The van der Waals surface area contributed by atoms with Gasteiger partial charge < -0.3 is 10.1 Å². The molecule has 1 aliphatic carbocycles. The van der Waals surface area contributed by atoms with E-state index in [0.717, 1.165) is 22.5 Å². The molecule has 2 aromatic rings. The molecule has 1 aliphatic rings. The summed E-state index contributed by atoms with van der Waals surface area (Å²) in [6.45, 7) is 5.08. The Hall–Kier alpha value is -1.32. The topological polar surface area (TPSA) is 21.3 Å². The molecule has 0 bridgehead atoms. The molecule has 110 valence electrons. The highest BCUT2D eigenvalue weighted by Gasteiger charge is 2.20. The summed E-state index contributed by atoms with van der Waals surface area (Å²) < 4.78 is 7.18. The van der Waals surface area contributed by atoms with Gasteiger partial charge in [-0.05, 0) is 68.1 Å². The Balaban J connectivity index is 1.80. The van der Waals surface area contributed by atoms with Crippen molar-refractivity contribution in [3.8, 4) is 11.5 Å². The molecular formula is C18H20BrNO. The average molecular weight is 346 g/mol. The molecule has 2 aromatic carbocycles. The molecule has 2 nitrogen and oxygen atoms in total. The van der Waals surface area contributed by atoms with Crippen LogP contribution in [0.2, 0.25) is 0 Å². The Labute approximate surface area is 134 Å². The number of rotatable bonds is 5. The minimum atomic E-state index is 0.693. The molecule has 3 rings (SSSR count). The summed E-state index contributed by atoms with van der Waals surface area (Å²) in [4.78, 5) is 0. The van der Waals surface area contributed by atoms with Gasteiger partial charge in [0.25, 0.3) is 0 Å². The zero-order valence-corrected chi connectivity index (χ0v) is 14.0. The highest BCUT2D eigenvalue weighted by Crippen LogP contribution is 2.30. The molecule has 0 unspecified atom stereocenters. The lowest BCUT2D eigenvalue weighted by Crippen LogP contribution is -2.15. The third kappa shape index (κ3) is 3.86. The van der Waals surface area contributed by atoms with Gasteiger partial charge in [0.05, 0.1) is 0 Å². The molecule has 0 radical (unpaired) electrons. The Morgan fingerprint density at radius 3 is 2.62 bits per heavy atom. The number of ether oxygens (including phenoxy) is 1. The Morgan fingerprint density at radius 1 is 1.10 bits per heavy atom. The third-order valence-electron chi connectivity index (χ3n) is 3.89. The maximum atomic E-state index is 6.09. The Morgan fingerprint density at radius 2 is 1.90 bits per heavy atom. The maximum Gasteiger partial charge on any atom is 0.131 e. The van der Waals surface area contributed by atoms with Gasteiger partial charge in [0, 0.05) is 22.6 Å². The molecule has 21 heavy (non-hydrogen) atoms. The quantitative estimate of drug-likeness (QED) is 0.812. The molecule has 1 N–H and O–H groups in total. The van der Waals surface area contributed by atoms with Crippen LogP contribution in [0.4, 0.5) is 0 Å². The van der Waals surface area contributed by atoms with Crippen molar-refractivity contribution in [3.05, 3.63) is 57.6 Å². The van der Waals surface area contributed by atoms with Gasteiger partial charge in [-0.1, -0.05) is 22.0 Å². The number of halogens is 1. The van der Waals surface area contributed by atoms with Gasteiger partial charge in [-0.2, -0.15) is 0 Å². The van der Waals surface area contributed by atoms with Crippen LogP contribution in [0.5, 0.6) is 11.5 Å². The summed E-state index contributed by atoms with van der Waals surface area (Å²) in [6.07, 6.45) is 2.59. The van der Waals surface area contributed by atoms with Crippen molar-refractivity contribution in [2.24, 2.45) is 0 Å². The summed E-state index contributed by atoms with van der Waals surface area (Å²) in [5, 5.41) is 3.55.